The molecule has 5 saturated carbocycles. The van der Waals surface area contributed by atoms with Gasteiger partial charge in [0.2, 0.25) is 0 Å². The van der Waals surface area contributed by atoms with Crippen molar-refractivity contribution in [2.24, 2.45) is 56.7 Å². The van der Waals surface area contributed by atoms with Gasteiger partial charge in [0.15, 0.2) is 13.1 Å². The van der Waals surface area contributed by atoms with Crippen molar-refractivity contribution >= 4 is 11.9 Å². The number of esters is 2. The molecule has 5 fully saturated rings. The average Bonchev–Trinajstić information content (AvgIpc) is 1.21. The number of likely N-dealkylation sites (N-methyl/N-ethyl adjacent to an activating group) is 2. The second kappa shape index (κ2) is 35.0. The second-order valence-electron chi connectivity index (χ2n) is 31.9. The predicted octanol–water partition coefficient (Wildman–Crippen LogP) is 21.6. The van der Waals surface area contributed by atoms with Crippen LogP contribution in [-0.2, 0) is 19.1 Å². The summed E-state index contributed by atoms with van der Waals surface area (Å²) in [7, 11) is 4.76. The van der Waals surface area contributed by atoms with E-state index in [1.807, 2.05) is 0 Å². The van der Waals surface area contributed by atoms with Crippen LogP contribution in [0.1, 0.15) is 339 Å². The minimum Gasteiger partial charge on any atom is -0.461 e. The summed E-state index contributed by atoms with van der Waals surface area (Å²) >= 11 is 0. The van der Waals surface area contributed by atoms with Crippen LogP contribution in [0, 0.1) is 56.7 Å². The van der Waals surface area contributed by atoms with Crippen LogP contribution in [-0.4, -0.2) is 87.0 Å². The number of carbonyl (C=O) groups excluding carboxylic acids is 2. The Kier molecular flexibility index (Phi) is 30.4. The molecular formula is C76H142N2O4+2. The molecule has 0 heterocycles. The zero-order valence-corrected chi connectivity index (χ0v) is 57.3. The first-order chi connectivity index (χ1) is 39.2. The van der Waals surface area contributed by atoms with Crippen molar-refractivity contribution in [3.8, 4) is 0 Å². The molecular weight excluding hydrogens is 1000 g/mol. The Morgan fingerprint density at radius 1 is 0.451 bits per heavy atom. The fraction of sp³-hybridized carbons (Fsp3) is 0.947. The topological polar surface area (TPSA) is 52.6 Å². The van der Waals surface area contributed by atoms with Crippen LogP contribution in [0.3, 0.4) is 0 Å². The highest BCUT2D eigenvalue weighted by atomic mass is 16.5. The van der Waals surface area contributed by atoms with Crippen molar-refractivity contribution < 1.29 is 28.0 Å². The van der Waals surface area contributed by atoms with Gasteiger partial charge in [-0.25, -0.2) is 9.59 Å². The first kappa shape index (κ1) is 71.4. The molecule has 478 valence electrons. The Balaban J connectivity index is 1.23. The molecule has 5 unspecified atom stereocenters. The summed E-state index contributed by atoms with van der Waals surface area (Å²) in [5.41, 5.74) is 2.02. The van der Waals surface area contributed by atoms with E-state index in [1.165, 1.54) is 262 Å². The fourth-order valence-electron chi connectivity index (χ4n) is 19.9. The number of rotatable bonds is 44. The molecule has 0 bridgehead atoms. The fourth-order valence-corrected chi connectivity index (χ4v) is 19.9. The maximum atomic E-state index is 14.4. The van der Waals surface area contributed by atoms with Gasteiger partial charge in [-0.15, -0.1) is 0 Å². The van der Waals surface area contributed by atoms with Crippen LogP contribution in [0.25, 0.3) is 0 Å². The molecule has 5 rings (SSSR count). The third kappa shape index (κ3) is 19.5. The summed E-state index contributed by atoms with van der Waals surface area (Å²) < 4.78 is 15.3. The normalized spacial score (nSPS) is 29.6. The lowest BCUT2D eigenvalue weighted by Gasteiger charge is -2.73. The van der Waals surface area contributed by atoms with Gasteiger partial charge >= 0.3 is 11.9 Å². The van der Waals surface area contributed by atoms with Gasteiger partial charge in [0.1, 0.15) is 6.10 Å². The van der Waals surface area contributed by atoms with Crippen molar-refractivity contribution in [3.63, 3.8) is 0 Å². The highest BCUT2D eigenvalue weighted by Gasteiger charge is 2.71. The number of quaternary nitrogens is 2. The highest BCUT2D eigenvalue weighted by Crippen LogP contribution is 2.77. The Labute approximate surface area is 511 Å². The predicted molar refractivity (Wildman–Crippen MR) is 352 cm³/mol. The second-order valence-corrected chi connectivity index (χ2v) is 31.9. The SMILES string of the molecule is C=C(C)C1CC[C@]2(COC(=O)C[N+](C)(CCCCCCCCCC)CCCCCCCCCC)CC[C@]3(C)C(CCC4[C@@]5(C)CC[C@H](OC(=O)C[N+](C)(CCCCCCCCCC)CCCCCCCCCC)C(C)(C)C5CC[C@]43C)C12. The first-order valence-corrected chi connectivity index (χ1v) is 36.9. The Hall–Kier alpha value is -1.40. The molecule has 5 aliphatic carbocycles. The van der Waals surface area contributed by atoms with Gasteiger partial charge in [0.05, 0.1) is 46.9 Å². The zero-order chi connectivity index (χ0) is 59.8. The van der Waals surface area contributed by atoms with Crippen LogP contribution in [0.5, 0.6) is 0 Å². The standard InChI is InChI=1S/C76H142N2O4/c1-14-18-22-26-30-34-38-42-56-77(12,57-43-39-35-31-27-23-19-15-2)60-69(79)81-62-76-53-48-64(63(5)6)71(76)65-46-47-67-73(9)51-50-68(72(7,8)66(73)49-52-75(67,11)74(65,10)54-55-76)82-70(80)61-78(13,58-44-40-36-32-28-24-20-16-3)59-45-41-37-33-29-25-21-17-4/h64-68,71H,5,14-62H2,1-4,6-13H3/q+2/t64?,65?,66?,67?,68-,71?,73-,74+,75+,76+/m0/s1. The van der Waals surface area contributed by atoms with Gasteiger partial charge in [-0.3, -0.25) is 0 Å². The molecule has 0 N–H and O–H groups in total. The third-order valence-corrected chi connectivity index (χ3v) is 25.2. The lowest BCUT2D eigenvalue weighted by atomic mass is 9.32. The molecule has 0 aromatic rings. The Morgan fingerprint density at radius 2 is 0.866 bits per heavy atom. The van der Waals surface area contributed by atoms with E-state index in [0.29, 0.717) is 49.3 Å². The summed E-state index contributed by atoms with van der Waals surface area (Å²) in [5, 5.41) is 0. The van der Waals surface area contributed by atoms with Gasteiger partial charge in [0.25, 0.3) is 0 Å². The van der Waals surface area contributed by atoms with Crippen LogP contribution in [0.15, 0.2) is 12.2 Å². The van der Waals surface area contributed by atoms with Gasteiger partial charge in [-0.2, -0.15) is 0 Å². The van der Waals surface area contributed by atoms with E-state index >= 15 is 0 Å². The number of hydrogen-bond acceptors (Lipinski definition) is 4. The maximum absolute atomic E-state index is 14.4. The van der Waals surface area contributed by atoms with Crippen molar-refractivity contribution in [2.75, 3.05) is 60.0 Å². The lowest BCUT2D eigenvalue weighted by Crippen LogP contribution is -2.67. The lowest BCUT2D eigenvalue weighted by molar-refractivity contribution is -0.903. The third-order valence-electron chi connectivity index (χ3n) is 25.2. The van der Waals surface area contributed by atoms with Gasteiger partial charge in [-0.05, 0) is 168 Å². The van der Waals surface area contributed by atoms with Crippen LogP contribution >= 0.6 is 0 Å². The van der Waals surface area contributed by atoms with E-state index in [1.54, 1.807) is 0 Å². The monoisotopic (exact) mass is 1150 g/mol. The maximum Gasteiger partial charge on any atom is 0.362 e. The number of fused-ring (bicyclic) bond motifs is 7. The number of unbranched alkanes of at least 4 members (excludes halogenated alkanes) is 28. The molecule has 0 amide bonds. The smallest absolute Gasteiger partial charge is 0.362 e. The molecule has 0 saturated heterocycles. The molecule has 0 aromatic carbocycles. The molecule has 0 aromatic heterocycles. The van der Waals surface area contributed by atoms with E-state index in [9.17, 15) is 9.59 Å². The van der Waals surface area contributed by atoms with E-state index in [0.717, 1.165) is 48.0 Å². The van der Waals surface area contributed by atoms with Crippen LogP contribution in [0.2, 0.25) is 0 Å². The number of carbonyl (C=O) groups is 2. The van der Waals surface area contributed by atoms with Gasteiger partial charge in [0, 0.05) is 10.8 Å². The number of nitrogens with zero attached hydrogens (tertiary/aromatic N) is 2. The summed E-state index contributed by atoms with van der Waals surface area (Å²) in [6.07, 6.45) is 54.4. The van der Waals surface area contributed by atoms with Crippen LogP contribution < -0.4 is 0 Å². The summed E-state index contributed by atoms with van der Waals surface area (Å²) in [4.78, 5) is 28.9. The summed E-state index contributed by atoms with van der Waals surface area (Å²) in [6, 6.07) is 0. The number of hydrogen-bond donors (Lipinski definition) is 0. The van der Waals surface area contributed by atoms with Crippen LogP contribution in [0.4, 0.5) is 0 Å². The minimum absolute atomic E-state index is 0.0197. The largest absolute Gasteiger partial charge is 0.461 e. The minimum atomic E-state index is -0.0701. The molecule has 6 heteroatoms. The summed E-state index contributed by atoms with van der Waals surface area (Å²) in [6.45, 7) is 35.5. The van der Waals surface area contributed by atoms with E-state index in [2.05, 4.69) is 83.3 Å². The molecule has 5 aliphatic rings. The van der Waals surface area contributed by atoms with Crippen molar-refractivity contribution in [2.45, 2.75) is 345 Å². The first-order valence-electron chi connectivity index (χ1n) is 36.9. The number of allylic oxidation sites excluding steroid dienone is 1. The molecule has 6 nitrogen and oxygen atoms in total. The van der Waals surface area contributed by atoms with Crippen molar-refractivity contribution in [1.82, 2.24) is 0 Å². The van der Waals surface area contributed by atoms with E-state index < -0.39 is 0 Å². The molecule has 0 aliphatic heterocycles. The number of ether oxygens (including phenoxy) is 2. The van der Waals surface area contributed by atoms with E-state index in [-0.39, 0.29) is 45.1 Å². The quantitative estimate of drug-likeness (QED) is 0.0264. The Morgan fingerprint density at radius 3 is 1.29 bits per heavy atom. The van der Waals surface area contributed by atoms with Gasteiger partial charge in [-0.1, -0.05) is 229 Å². The molecule has 0 spiro atoms. The highest BCUT2D eigenvalue weighted by molar-refractivity contribution is 5.71. The molecule has 0 radical (unpaired) electrons. The van der Waals surface area contributed by atoms with Crippen molar-refractivity contribution in [3.05, 3.63) is 12.2 Å². The Bertz CT molecular complexity index is 1790. The van der Waals surface area contributed by atoms with E-state index in [4.69, 9.17) is 16.1 Å². The molecule has 82 heavy (non-hydrogen) atoms. The summed E-state index contributed by atoms with van der Waals surface area (Å²) in [5.74, 6) is 2.95. The van der Waals surface area contributed by atoms with Gasteiger partial charge < -0.3 is 18.4 Å². The average molecular weight is 1150 g/mol. The van der Waals surface area contributed by atoms with Crippen molar-refractivity contribution in [1.29, 1.82) is 0 Å². The molecule has 10 atom stereocenters. The zero-order valence-electron chi connectivity index (χ0n) is 57.3.